The SMILES string of the molecule is O=C(CN1CCO[C@@H](c2ccc(Cc3ccccc3F)cn2)C1)NCc1ccccn1. The predicted molar refractivity (Wildman–Crippen MR) is 115 cm³/mol. The van der Waals surface area contributed by atoms with E-state index < -0.39 is 0 Å². The molecule has 1 N–H and O–H groups in total. The van der Waals surface area contributed by atoms with Crippen LogP contribution in [0.1, 0.15) is 28.6 Å². The summed E-state index contributed by atoms with van der Waals surface area (Å²) >= 11 is 0. The van der Waals surface area contributed by atoms with Gasteiger partial charge < -0.3 is 10.1 Å². The maximum atomic E-state index is 13.9. The van der Waals surface area contributed by atoms with Crippen molar-refractivity contribution in [1.29, 1.82) is 0 Å². The van der Waals surface area contributed by atoms with E-state index in [9.17, 15) is 9.18 Å². The van der Waals surface area contributed by atoms with Crippen LogP contribution in [0.5, 0.6) is 0 Å². The molecule has 1 atom stereocenters. The molecule has 2 aromatic heterocycles. The molecule has 3 aromatic rings. The predicted octanol–water partition coefficient (Wildman–Crippen LogP) is 2.90. The monoisotopic (exact) mass is 420 g/mol. The van der Waals surface area contributed by atoms with Crippen molar-refractivity contribution < 1.29 is 13.9 Å². The standard InChI is InChI=1S/C24H25FN4O2/c25-21-7-2-1-5-19(21)13-18-8-9-22(27-14-18)23-16-29(11-12-31-23)17-24(30)28-15-20-6-3-4-10-26-20/h1-10,14,23H,11-13,15-17H2,(H,28,30)/t23-/m1/s1. The van der Waals surface area contributed by atoms with Gasteiger partial charge in [-0.3, -0.25) is 19.7 Å². The van der Waals surface area contributed by atoms with Gasteiger partial charge in [0.05, 0.1) is 31.1 Å². The largest absolute Gasteiger partial charge is 0.369 e. The van der Waals surface area contributed by atoms with Crippen molar-refractivity contribution in [2.24, 2.45) is 0 Å². The number of nitrogens with one attached hydrogen (secondary N) is 1. The summed E-state index contributed by atoms with van der Waals surface area (Å²) in [4.78, 5) is 23.1. The Kier molecular flexibility index (Phi) is 6.96. The Bertz CT molecular complexity index is 998. The molecule has 1 aromatic carbocycles. The molecule has 1 amide bonds. The highest BCUT2D eigenvalue weighted by molar-refractivity contribution is 5.77. The van der Waals surface area contributed by atoms with Gasteiger partial charge in [0, 0.05) is 31.9 Å². The van der Waals surface area contributed by atoms with Gasteiger partial charge in [-0.05, 0) is 35.4 Å². The minimum absolute atomic E-state index is 0.0421. The lowest BCUT2D eigenvalue weighted by Crippen LogP contribution is -2.44. The Morgan fingerprint density at radius 3 is 2.77 bits per heavy atom. The number of halogens is 1. The van der Waals surface area contributed by atoms with Gasteiger partial charge in [-0.2, -0.15) is 0 Å². The number of carbonyl (C=O) groups excluding carboxylic acids is 1. The van der Waals surface area contributed by atoms with Crippen molar-refractivity contribution in [3.63, 3.8) is 0 Å². The maximum absolute atomic E-state index is 13.9. The van der Waals surface area contributed by atoms with Crippen LogP contribution in [-0.2, 0) is 22.5 Å². The number of rotatable bonds is 7. The van der Waals surface area contributed by atoms with Crippen molar-refractivity contribution in [3.05, 3.63) is 95.3 Å². The number of carbonyl (C=O) groups is 1. The molecule has 31 heavy (non-hydrogen) atoms. The summed E-state index contributed by atoms with van der Waals surface area (Å²) in [6, 6.07) is 16.3. The molecular weight excluding hydrogens is 395 g/mol. The minimum Gasteiger partial charge on any atom is -0.369 e. The number of aromatic nitrogens is 2. The van der Waals surface area contributed by atoms with Crippen LogP contribution in [-0.4, -0.2) is 47.0 Å². The Morgan fingerprint density at radius 2 is 2.00 bits per heavy atom. The van der Waals surface area contributed by atoms with Crippen molar-refractivity contribution in [2.75, 3.05) is 26.2 Å². The van der Waals surface area contributed by atoms with Gasteiger partial charge in [0.2, 0.25) is 5.91 Å². The van der Waals surface area contributed by atoms with Gasteiger partial charge in [-0.1, -0.05) is 30.3 Å². The van der Waals surface area contributed by atoms with E-state index in [1.54, 1.807) is 24.5 Å². The molecule has 0 spiro atoms. The highest BCUT2D eigenvalue weighted by atomic mass is 19.1. The number of nitrogens with zero attached hydrogens (tertiary/aromatic N) is 3. The third-order valence-electron chi connectivity index (χ3n) is 5.24. The number of pyridine rings is 2. The number of hydrogen-bond donors (Lipinski definition) is 1. The van der Waals surface area contributed by atoms with E-state index in [1.807, 2.05) is 36.4 Å². The molecule has 1 saturated heterocycles. The van der Waals surface area contributed by atoms with E-state index in [4.69, 9.17) is 4.74 Å². The van der Waals surface area contributed by atoms with Crippen LogP contribution in [0.4, 0.5) is 4.39 Å². The summed E-state index contributed by atoms with van der Waals surface area (Å²) in [5.74, 6) is -0.251. The summed E-state index contributed by atoms with van der Waals surface area (Å²) in [5, 5.41) is 2.91. The number of benzene rings is 1. The molecule has 0 bridgehead atoms. The first-order valence-electron chi connectivity index (χ1n) is 10.4. The number of ether oxygens (including phenoxy) is 1. The Hall–Kier alpha value is -3.16. The molecule has 4 rings (SSSR count). The molecule has 6 nitrogen and oxygen atoms in total. The Balaban J connectivity index is 1.29. The molecule has 0 saturated carbocycles. The highest BCUT2D eigenvalue weighted by Gasteiger charge is 2.24. The first kappa shape index (κ1) is 21.1. The van der Waals surface area contributed by atoms with Gasteiger partial charge in [-0.25, -0.2) is 4.39 Å². The zero-order valence-corrected chi connectivity index (χ0v) is 17.2. The zero-order chi connectivity index (χ0) is 21.5. The van der Waals surface area contributed by atoms with Crippen molar-refractivity contribution in [1.82, 2.24) is 20.2 Å². The third-order valence-corrected chi connectivity index (χ3v) is 5.24. The summed E-state index contributed by atoms with van der Waals surface area (Å²) in [7, 11) is 0. The van der Waals surface area contributed by atoms with Crippen LogP contribution in [0.15, 0.2) is 67.0 Å². The summed E-state index contributed by atoms with van der Waals surface area (Å²) in [5.41, 5.74) is 3.23. The topological polar surface area (TPSA) is 67.4 Å². The molecule has 7 heteroatoms. The van der Waals surface area contributed by atoms with Crippen LogP contribution in [0, 0.1) is 5.82 Å². The van der Waals surface area contributed by atoms with Crippen molar-refractivity contribution in [3.8, 4) is 0 Å². The Morgan fingerprint density at radius 1 is 1.13 bits per heavy atom. The third kappa shape index (κ3) is 5.93. The Labute approximate surface area is 181 Å². The molecule has 0 radical (unpaired) electrons. The first-order chi connectivity index (χ1) is 15.2. The van der Waals surface area contributed by atoms with Crippen LogP contribution in [0.3, 0.4) is 0 Å². The minimum atomic E-state index is -0.209. The molecule has 1 fully saturated rings. The van der Waals surface area contributed by atoms with Crippen molar-refractivity contribution >= 4 is 5.91 Å². The van der Waals surface area contributed by atoms with Crippen LogP contribution < -0.4 is 5.32 Å². The average Bonchev–Trinajstić information content (AvgIpc) is 2.81. The number of amides is 1. The van der Waals surface area contributed by atoms with E-state index in [1.165, 1.54) is 6.07 Å². The maximum Gasteiger partial charge on any atom is 0.234 e. The first-order valence-corrected chi connectivity index (χ1v) is 10.4. The molecule has 3 heterocycles. The lowest BCUT2D eigenvalue weighted by atomic mass is 10.1. The molecular formula is C24H25FN4O2. The van der Waals surface area contributed by atoms with Gasteiger partial charge in [0.1, 0.15) is 11.9 Å². The quantitative estimate of drug-likeness (QED) is 0.637. The second-order valence-electron chi connectivity index (χ2n) is 7.55. The van der Waals surface area contributed by atoms with Gasteiger partial charge in [0.15, 0.2) is 0 Å². The number of hydrogen-bond acceptors (Lipinski definition) is 5. The highest BCUT2D eigenvalue weighted by Crippen LogP contribution is 2.21. The molecule has 0 aliphatic carbocycles. The lowest BCUT2D eigenvalue weighted by molar-refractivity contribution is -0.124. The fourth-order valence-corrected chi connectivity index (χ4v) is 3.57. The van der Waals surface area contributed by atoms with E-state index in [0.717, 1.165) is 17.0 Å². The van der Waals surface area contributed by atoms with Crippen LogP contribution in [0.2, 0.25) is 0 Å². The average molecular weight is 420 g/mol. The van der Waals surface area contributed by atoms with Gasteiger partial charge in [0.25, 0.3) is 0 Å². The fourth-order valence-electron chi connectivity index (χ4n) is 3.57. The van der Waals surface area contributed by atoms with Crippen LogP contribution in [0.25, 0.3) is 0 Å². The zero-order valence-electron chi connectivity index (χ0n) is 17.2. The summed E-state index contributed by atoms with van der Waals surface area (Å²) in [6.45, 7) is 2.54. The normalized spacial score (nSPS) is 16.7. The van der Waals surface area contributed by atoms with E-state index >= 15 is 0 Å². The summed E-state index contributed by atoms with van der Waals surface area (Å²) in [6.07, 6.45) is 3.78. The van der Waals surface area contributed by atoms with E-state index in [0.29, 0.717) is 44.8 Å². The molecule has 160 valence electrons. The lowest BCUT2D eigenvalue weighted by Gasteiger charge is -2.32. The van der Waals surface area contributed by atoms with E-state index in [-0.39, 0.29) is 17.8 Å². The second kappa shape index (κ2) is 10.2. The van der Waals surface area contributed by atoms with E-state index in [2.05, 4.69) is 20.2 Å². The van der Waals surface area contributed by atoms with Crippen molar-refractivity contribution in [2.45, 2.75) is 19.1 Å². The fraction of sp³-hybridized carbons (Fsp3) is 0.292. The molecule has 1 aliphatic rings. The van der Waals surface area contributed by atoms with Gasteiger partial charge >= 0.3 is 0 Å². The van der Waals surface area contributed by atoms with Gasteiger partial charge in [-0.15, -0.1) is 0 Å². The second-order valence-corrected chi connectivity index (χ2v) is 7.55. The molecule has 0 unspecified atom stereocenters. The number of morpholine rings is 1. The smallest absolute Gasteiger partial charge is 0.234 e. The molecule has 1 aliphatic heterocycles. The van der Waals surface area contributed by atoms with Crippen LogP contribution >= 0.6 is 0 Å². The summed E-state index contributed by atoms with van der Waals surface area (Å²) < 4.78 is 19.7.